The molecular weight excluding hydrogens is 238 g/mol. The Kier molecular flexibility index (Phi) is 4.28. The molecule has 0 spiro atoms. The molecule has 0 unspecified atom stereocenters. The van der Waals surface area contributed by atoms with Gasteiger partial charge in [0.2, 0.25) is 0 Å². The predicted octanol–water partition coefficient (Wildman–Crippen LogP) is 4.96. The molecule has 0 saturated heterocycles. The van der Waals surface area contributed by atoms with Crippen LogP contribution in [-0.2, 0) is 0 Å². The molecule has 0 N–H and O–H groups in total. The maximum Gasteiger partial charge on any atom is 0.0712 e. The predicted molar refractivity (Wildman–Crippen MR) is 82.6 cm³/mol. The molecular formula is C16H21NS. The number of hydrogen-bond donors (Lipinski definition) is 0. The van der Waals surface area contributed by atoms with E-state index in [4.69, 9.17) is 0 Å². The van der Waals surface area contributed by atoms with Gasteiger partial charge in [0.25, 0.3) is 0 Å². The molecule has 0 fully saturated rings. The van der Waals surface area contributed by atoms with Gasteiger partial charge in [-0.2, -0.15) is 0 Å². The van der Waals surface area contributed by atoms with Crippen LogP contribution in [0.4, 0.5) is 0 Å². The van der Waals surface area contributed by atoms with Crippen LogP contribution in [0, 0.1) is 5.92 Å². The molecule has 1 aromatic rings. The molecule has 0 radical (unpaired) electrons. The zero-order valence-corrected chi connectivity index (χ0v) is 12.4. The van der Waals surface area contributed by atoms with Crippen LogP contribution in [0.25, 0.3) is 11.6 Å². The SMILES string of the molecule is CC(C)/C1=C/CS/C=C\c2nccc(C(C)C)c21. The number of aromatic nitrogens is 1. The third-order valence-corrected chi connectivity index (χ3v) is 3.95. The third-order valence-electron chi connectivity index (χ3n) is 3.27. The van der Waals surface area contributed by atoms with E-state index >= 15 is 0 Å². The second kappa shape index (κ2) is 5.75. The second-order valence-corrected chi connectivity index (χ2v) is 6.20. The van der Waals surface area contributed by atoms with Gasteiger partial charge in [-0.15, -0.1) is 11.8 Å². The monoisotopic (exact) mass is 259 g/mol. The van der Waals surface area contributed by atoms with E-state index in [1.54, 1.807) is 0 Å². The summed E-state index contributed by atoms with van der Waals surface area (Å²) in [6, 6.07) is 2.17. The van der Waals surface area contributed by atoms with E-state index in [9.17, 15) is 0 Å². The lowest BCUT2D eigenvalue weighted by Crippen LogP contribution is -2.06. The summed E-state index contributed by atoms with van der Waals surface area (Å²) < 4.78 is 0. The second-order valence-electron chi connectivity index (χ2n) is 5.27. The Balaban J connectivity index is 2.67. The molecule has 2 rings (SSSR count). The number of pyridine rings is 1. The zero-order chi connectivity index (χ0) is 13.1. The van der Waals surface area contributed by atoms with E-state index in [-0.39, 0.29) is 0 Å². The van der Waals surface area contributed by atoms with Crippen LogP contribution in [0.1, 0.15) is 50.4 Å². The highest BCUT2D eigenvalue weighted by molar-refractivity contribution is 8.02. The lowest BCUT2D eigenvalue weighted by molar-refractivity contribution is 0.824. The van der Waals surface area contributed by atoms with Gasteiger partial charge in [0.15, 0.2) is 0 Å². The summed E-state index contributed by atoms with van der Waals surface area (Å²) in [5.41, 5.74) is 5.34. The van der Waals surface area contributed by atoms with E-state index in [0.29, 0.717) is 11.8 Å². The Labute approximate surface area is 114 Å². The standard InChI is InChI=1S/C16H21NS/c1-11(2)13-5-8-17-15-7-10-18-9-6-14(12(3)4)16(13)15/h5-8,10-12H,9H2,1-4H3/b10-7-,14-6-. The molecule has 18 heavy (non-hydrogen) atoms. The Bertz CT molecular complexity index is 484. The number of allylic oxidation sites excluding steroid dienone is 1. The Morgan fingerprint density at radius 1 is 1.17 bits per heavy atom. The highest BCUT2D eigenvalue weighted by Crippen LogP contribution is 2.34. The van der Waals surface area contributed by atoms with Crippen molar-refractivity contribution in [3.05, 3.63) is 40.6 Å². The average molecular weight is 259 g/mol. The van der Waals surface area contributed by atoms with Crippen molar-refractivity contribution >= 4 is 23.4 Å². The van der Waals surface area contributed by atoms with Gasteiger partial charge < -0.3 is 0 Å². The molecule has 0 amide bonds. The van der Waals surface area contributed by atoms with Gasteiger partial charge in [-0.3, -0.25) is 4.98 Å². The van der Waals surface area contributed by atoms with E-state index in [0.717, 1.165) is 11.4 Å². The Morgan fingerprint density at radius 3 is 2.61 bits per heavy atom. The van der Waals surface area contributed by atoms with Crippen molar-refractivity contribution in [3.63, 3.8) is 0 Å². The number of nitrogens with zero attached hydrogens (tertiary/aromatic N) is 1. The molecule has 0 saturated carbocycles. The molecule has 2 heteroatoms. The largest absolute Gasteiger partial charge is 0.256 e. The first-order chi connectivity index (χ1) is 8.61. The summed E-state index contributed by atoms with van der Waals surface area (Å²) in [7, 11) is 0. The van der Waals surface area contributed by atoms with E-state index in [2.05, 4.69) is 56.3 Å². The minimum atomic E-state index is 0.532. The first kappa shape index (κ1) is 13.4. The lowest BCUT2D eigenvalue weighted by Gasteiger charge is -2.21. The van der Waals surface area contributed by atoms with Crippen LogP contribution in [0.15, 0.2) is 23.7 Å². The molecule has 0 bridgehead atoms. The smallest absolute Gasteiger partial charge is 0.0712 e. The molecule has 1 aliphatic heterocycles. The van der Waals surface area contributed by atoms with Crippen molar-refractivity contribution in [2.24, 2.45) is 5.92 Å². The molecule has 0 aliphatic carbocycles. The van der Waals surface area contributed by atoms with Crippen molar-refractivity contribution in [1.82, 2.24) is 4.98 Å². The summed E-state index contributed by atoms with van der Waals surface area (Å²) >= 11 is 1.83. The normalized spacial score (nSPS) is 20.0. The fourth-order valence-electron chi connectivity index (χ4n) is 2.35. The maximum atomic E-state index is 4.56. The first-order valence-corrected chi connectivity index (χ1v) is 7.63. The van der Waals surface area contributed by atoms with Crippen molar-refractivity contribution in [2.75, 3.05) is 5.75 Å². The van der Waals surface area contributed by atoms with Crippen LogP contribution in [0.5, 0.6) is 0 Å². The van der Waals surface area contributed by atoms with Crippen LogP contribution >= 0.6 is 11.8 Å². The van der Waals surface area contributed by atoms with Crippen LogP contribution in [0.2, 0.25) is 0 Å². The van der Waals surface area contributed by atoms with Gasteiger partial charge in [0.05, 0.1) is 5.69 Å². The summed E-state index contributed by atoms with van der Waals surface area (Å²) in [5.74, 6) is 2.12. The topological polar surface area (TPSA) is 12.9 Å². The minimum absolute atomic E-state index is 0.532. The van der Waals surface area contributed by atoms with Gasteiger partial charge in [-0.1, -0.05) is 33.8 Å². The zero-order valence-electron chi connectivity index (χ0n) is 11.6. The first-order valence-electron chi connectivity index (χ1n) is 6.58. The van der Waals surface area contributed by atoms with Gasteiger partial charge >= 0.3 is 0 Å². The maximum absolute atomic E-state index is 4.56. The Morgan fingerprint density at radius 2 is 1.94 bits per heavy atom. The number of hydrogen-bond acceptors (Lipinski definition) is 2. The van der Waals surface area contributed by atoms with Crippen molar-refractivity contribution in [2.45, 2.75) is 33.6 Å². The molecule has 96 valence electrons. The minimum Gasteiger partial charge on any atom is -0.256 e. The van der Waals surface area contributed by atoms with Gasteiger partial charge in [-0.25, -0.2) is 0 Å². The van der Waals surface area contributed by atoms with Crippen LogP contribution < -0.4 is 0 Å². The number of rotatable bonds is 2. The Hall–Kier alpha value is -1.02. The van der Waals surface area contributed by atoms with Crippen molar-refractivity contribution < 1.29 is 0 Å². The van der Waals surface area contributed by atoms with E-state index in [1.165, 1.54) is 16.7 Å². The highest BCUT2D eigenvalue weighted by atomic mass is 32.2. The van der Waals surface area contributed by atoms with E-state index in [1.807, 2.05) is 18.0 Å². The van der Waals surface area contributed by atoms with E-state index < -0.39 is 0 Å². The summed E-state index contributed by atoms with van der Waals surface area (Å²) in [4.78, 5) is 4.56. The van der Waals surface area contributed by atoms with Gasteiger partial charge in [-0.05, 0) is 40.5 Å². The van der Waals surface area contributed by atoms with Gasteiger partial charge in [0, 0.05) is 17.5 Å². The molecule has 0 atom stereocenters. The lowest BCUT2D eigenvalue weighted by atomic mass is 9.86. The highest BCUT2D eigenvalue weighted by Gasteiger charge is 2.17. The van der Waals surface area contributed by atoms with Crippen LogP contribution in [0.3, 0.4) is 0 Å². The molecule has 1 aliphatic rings. The van der Waals surface area contributed by atoms with Crippen LogP contribution in [-0.4, -0.2) is 10.7 Å². The number of fused-ring (bicyclic) bond motifs is 1. The summed E-state index contributed by atoms with van der Waals surface area (Å²) in [6.07, 6.45) is 6.45. The summed E-state index contributed by atoms with van der Waals surface area (Å²) in [5, 5.41) is 2.16. The summed E-state index contributed by atoms with van der Waals surface area (Å²) in [6.45, 7) is 9.04. The third kappa shape index (κ3) is 2.69. The molecule has 2 heterocycles. The number of thioether (sulfide) groups is 1. The molecule has 1 aromatic heterocycles. The van der Waals surface area contributed by atoms with Gasteiger partial charge in [0.1, 0.15) is 0 Å². The van der Waals surface area contributed by atoms with Crippen molar-refractivity contribution in [3.8, 4) is 0 Å². The quantitative estimate of drug-likeness (QED) is 0.744. The van der Waals surface area contributed by atoms with Crippen molar-refractivity contribution in [1.29, 1.82) is 0 Å². The fraction of sp³-hybridized carbons (Fsp3) is 0.438. The molecule has 1 nitrogen and oxygen atoms in total. The fourth-order valence-corrected chi connectivity index (χ4v) is 2.96. The molecule has 0 aromatic carbocycles. The average Bonchev–Trinajstić information content (AvgIpc) is 2.28.